The van der Waals surface area contributed by atoms with E-state index in [4.69, 9.17) is 0 Å². The summed E-state index contributed by atoms with van der Waals surface area (Å²) in [4.78, 5) is 3.86. The molecule has 2 heteroatoms. The predicted octanol–water partition coefficient (Wildman–Crippen LogP) is 3.64. The van der Waals surface area contributed by atoms with Crippen LogP contribution in [-0.2, 0) is 5.41 Å². The summed E-state index contributed by atoms with van der Waals surface area (Å²) in [7, 11) is 0. The van der Waals surface area contributed by atoms with E-state index in [1.54, 1.807) is 0 Å². The van der Waals surface area contributed by atoms with E-state index in [2.05, 4.69) is 46.4 Å². The lowest BCUT2D eigenvalue weighted by molar-refractivity contribution is 0.603. The van der Waals surface area contributed by atoms with Gasteiger partial charge in [0.2, 0.25) is 0 Å². The van der Waals surface area contributed by atoms with Crippen LogP contribution in [-0.4, -0.2) is 0 Å². The summed E-state index contributed by atoms with van der Waals surface area (Å²) in [5.41, 5.74) is 0.274. The standard InChI is InChI=1S/C9H14S2/c1-6-7(10)5-8(11-6)9(2,3)4/h5,10H,1-4H3. The molecule has 0 nitrogen and oxygen atoms in total. The third-order valence-corrected chi connectivity index (χ3v) is 3.72. The van der Waals surface area contributed by atoms with Crippen molar-refractivity contribution < 1.29 is 0 Å². The molecule has 0 amide bonds. The van der Waals surface area contributed by atoms with E-state index < -0.39 is 0 Å². The molecule has 1 aromatic rings. The first-order chi connectivity index (χ1) is 4.91. The average Bonchev–Trinajstić information content (AvgIpc) is 2.11. The maximum Gasteiger partial charge on any atom is 0.0180 e. The molecule has 0 aromatic carbocycles. The van der Waals surface area contributed by atoms with Crippen LogP contribution in [0.4, 0.5) is 0 Å². The van der Waals surface area contributed by atoms with Gasteiger partial charge in [-0.3, -0.25) is 0 Å². The largest absolute Gasteiger partial charge is 0.144 e. The first-order valence-corrected chi connectivity index (χ1v) is 4.97. The number of thiol groups is 1. The molecule has 0 fully saturated rings. The van der Waals surface area contributed by atoms with Crippen molar-refractivity contribution in [1.82, 2.24) is 0 Å². The van der Waals surface area contributed by atoms with E-state index in [0.717, 1.165) is 4.90 Å². The van der Waals surface area contributed by atoms with Gasteiger partial charge in [-0.2, -0.15) is 0 Å². The van der Waals surface area contributed by atoms with Crippen molar-refractivity contribution in [3.8, 4) is 0 Å². The number of hydrogen-bond acceptors (Lipinski definition) is 2. The fourth-order valence-electron chi connectivity index (χ4n) is 0.842. The zero-order valence-corrected chi connectivity index (χ0v) is 9.14. The molecule has 0 bridgehead atoms. The van der Waals surface area contributed by atoms with Crippen LogP contribution >= 0.6 is 24.0 Å². The Labute approximate surface area is 78.1 Å². The van der Waals surface area contributed by atoms with Crippen molar-refractivity contribution in [3.05, 3.63) is 15.8 Å². The SMILES string of the molecule is Cc1sc(C(C)(C)C)cc1S. The summed E-state index contributed by atoms with van der Waals surface area (Å²) in [5, 5.41) is 0. The Bertz CT molecular complexity index is 234. The van der Waals surface area contributed by atoms with Gasteiger partial charge in [-0.15, -0.1) is 24.0 Å². The van der Waals surface area contributed by atoms with Crippen molar-refractivity contribution in [2.24, 2.45) is 0 Å². The van der Waals surface area contributed by atoms with Crippen molar-refractivity contribution >= 4 is 24.0 Å². The first-order valence-electron chi connectivity index (χ1n) is 3.71. The monoisotopic (exact) mass is 186 g/mol. The van der Waals surface area contributed by atoms with Crippen LogP contribution in [0.1, 0.15) is 30.5 Å². The molecular weight excluding hydrogens is 172 g/mol. The molecule has 11 heavy (non-hydrogen) atoms. The number of hydrogen-bond donors (Lipinski definition) is 1. The highest BCUT2D eigenvalue weighted by molar-refractivity contribution is 7.80. The molecule has 62 valence electrons. The zero-order chi connectivity index (χ0) is 8.65. The van der Waals surface area contributed by atoms with Crippen LogP contribution in [0.25, 0.3) is 0 Å². The van der Waals surface area contributed by atoms with Gasteiger partial charge in [0.15, 0.2) is 0 Å². The summed E-state index contributed by atoms with van der Waals surface area (Å²) in [5.74, 6) is 0. The second kappa shape index (κ2) is 2.83. The van der Waals surface area contributed by atoms with Gasteiger partial charge < -0.3 is 0 Å². The number of rotatable bonds is 0. The van der Waals surface area contributed by atoms with E-state index in [9.17, 15) is 0 Å². The molecule has 0 N–H and O–H groups in total. The minimum atomic E-state index is 0.274. The van der Waals surface area contributed by atoms with Gasteiger partial charge in [-0.1, -0.05) is 20.8 Å². The van der Waals surface area contributed by atoms with Crippen LogP contribution in [0.5, 0.6) is 0 Å². The van der Waals surface area contributed by atoms with Gasteiger partial charge >= 0.3 is 0 Å². The molecule has 0 aliphatic rings. The van der Waals surface area contributed by atoms with Crippen molar-refractivity contribution in [1.29, 1.82) is 0 Å². The quantitative estimate of drug-likeness (QED) is 0.588. The normalized spacial score (nSPS) is 12.1. The summed E-state index contributed by atoms with van der Waals surface area (Å²) >= 11 is 6.21. The second-order valence-electron chi connectivity index (χ2n) is 3.80. The van der Waals surface area contributed by atoms with Crippen LogP contribution in [0, 0.1) is 6.92 Å². The molecule has 1 aromatic heterocycles. The molecule has 0 aliphatic carbocycles. The van der Waals surface area contributed by atoms with Gasteiger partial charge in [0.05, 0.1) is 0 Å². The summed E-state index contributed by atoms with van der Waals surface area (Å²) < 4.78 is 0. The molecule has 1 rings (SSSR count). The highest BCUT2D eigenvalue weighted by atomic mass is 32.1. The molecule has 0 atom stereocenters. The van der Waals surface area contributed by atoms with Gasteiger partial charge in [-0.05, 0) is 18.4 Å². The maximum atomic E-state index is 4.36. The lowest BCUT2D eigenvalue weighted by Gasteiger charge is -2.15. The van der Waals surface area contributed by atoms with Crippen molar-refractivity contribution in [3.63, 3.8) is 0 Å². The summed E-state index contributed by atoms with van der Waals surface area (Å²) in [6.07, 6.45) is 0. The molecule has 0 radical (unpaired) electrons. The molecular formula is C9H14S2. The zero-order valence-electron chi connectivity index (χ0n) is 7.43. The minimum Gasteiger partial charge on any atom is -0.144 e. The molecule has 0 unspecified atom stereocenters. The topological polar surface area (TPSA) is 0 Å². The predicted molar refractivity (Wildman–Crippen MR) is 55.0 cm³/mol. The van der Waals surface area contributed by atoms with E-state index in [-0.39, 0.29) is 5.41 Å². The van der Waals surface area contributed by atoms with Crippen LogP contribution in [0.3, 0.4) is 0 Å². The van der Waals surface area contributed by atoms with Crippen molar-refractivity contribution in [2.45, 2.75) is 38.0 Å². The van der Waals surface area contributed by atoms with Gasteiger partial charge in [0, 0.05) is 14.6 Å². The van der Waals surface area contributed by atoms with E-state index in [0.29, 0.717) is 0 Å². The van der Waals surface area contributed by atoms with Gasteiger partial charge in [-0.25, -0.2) is 0 Å². The first kappa shape index (κ1) is 9.14. The Morgan fingerprint density at radius 3 is 2.09 bits per heavy atom. The van der Waals surface area contributed by atoms with Gasteiger partial charge in [0.25, 0.3) is 0 Å². The van der Waals surface area contributed by atoms with Crippen molar-refractivity contribution in [2.75, 3.05) is 0 Å². The molecule has 0 spiro atoms. The smallest absolute Gasteiger partial charge is 0.0180 e. The fraction of sp³-hybridized carbons (Fsp3) is 0.556. The minimum absolute atomic E-state index is 0.274. The lowest BCUT2D eigenvalue weighted by atomic mass is 9.95. The Hall–Kier alpha value is 0.0500. The second-order valence-corrected chi connectivity index (χ2v) is 5.54. The molecule has 1 heterocycles. The molecule has 0 saturated heterocycles. The highest BCUT2D eigenvalue weighted by Gasteiger charge is 2.16. The lowest BCUT2D eigenvalue weighted by Crippen LogP contribution is -2.07. The highest BCUT2D eigenvalue weighted by Crippen LogP contribution is 2.33. The summed E-state index contributed by atoms with van der Waals surface area (Å²) in [6, 6.07) is 2.17. The average molecular weight is 186 g/mol. The third kappa shape index (κ3) is 2.00. The van der Waals surface area contributed by atoms with Crippen LogP contribution in [0.2, 0.25) is 0 Å². The van der Waals surface area contributed by atoms with E-state index in [1.165, 1.54) is 9.75 Å². The van der Waals surface area contributed by atoms with Crippen LogP contribution in [0.15, 0.2) is 11.0 Å². The van der Waals surface area contributed by atoms with E-state index in [1.807, 2.05) is 11.3 Å². The van der Waals surface area contributed by atoms with E-state index >= 15 is 0 Å². The maximum absolute atomic E-state index is 4.36. The fourth-order valence-corrected chi connectivity index (χ4v) is 2.17. The number of thiophene rings is 1. The van der Waals surface area contributed by atoms with Crippen LogP contribution < -0.4 is 0 Å². The Morgan fingerprint density at radius 1 is 1.36 bits per heavy atom. The summed E-state index contributed by atoms with van der Waals surface area (Å²) in [6.45, 7) is 8.80. The molecule has 0 saturated carbocycles. The Balaban J connectivity index is 3.08. The van der Waals surface area contributed by atoms with Gasteiger partial charge in [0.1, 0.15) is 0 Å². The molecule has 0 aliphatic heterocycles. The Kier molecular flexibility index (Phi) is 2.35. The Morgan fingerprint density at radius 2 is 1.91 bits per heavy atom. The number of aryl methyl sites for hydroxylation is 1. The third-order valence-electron chi connectivity index (χ3n) is 1.63.